The molecule has 1 saturated carbocycles. The molecule has 2 N–H and O–H groups in total. The molecular weight excluding hydrogens is 216 g/mol. The Balaban J connectivity index is 2.11. The lowest BCUT2D eigenvalue weighted by Gasteiger charge is -2.16. The monoisotopic (exact) mass is 242 g/mol. The fourth-order valence-corrected chi connectivity index (χ4v) is 1.77. The topological polar surface area (TPSA) is 50.4 Å². The molecule has 4 heteroatoms. The molecule has 0 heterocycles. The van der Waals surface area contributed by atoms with E-state index < -0.39 is 0 Å². The maximum atomic E-state index is 11.6. The van der Waals surface area contributed by atoms with E-state index in [0.29, 0.717) is 18.0 Å². The summed E-state index contributed by atoms with van der Waals surface area (Å²) in [6.07, 6.45) is 4.54. The molecule has 0 aromatic heterocycles. The number of amides is 1. The quantitative estimate of drug-likeness (QED) is 0.641. The number of nitrogens with one attached hydrogen (secondary N) is 2. The molecule has 1 amide bonds. The van der Waals surface area contributed by atoms with Crippen LogP contribution in [-0.4, -0.2) is 38.8 Å². The summed E-state index contributed by atoms with van der Waals surface area (Å²) in [6, 6.07) is 0.407. The van der Waals surface area contributed by atoms with E-state index in [-0.39, 0.29) is 5.91 Å². The molecule has 1 fully saturated rings. The predicted octanol–water partition coefficient (Wildman–Crippen LogP) is 1.31. The molecule has 1 rings (SSSR count). The third-order valence-electron chi connectivity index (χ3n) is 3.68. The van der Waals surface area contributed by atoms with Gasteiger partial charge in [-0.15, -0.1) is 0 Å². The van der Waals surface area contributed by atoms with Crippen molar-refractivity contribution in [2.75, 3.05) is 26.8 Å². The van der Waals surface area contributed by atoms with Gasteiger partial charge in [0.25, 0.3) is 0 Å². The van der Waals surface area contributed by atoms with Crippen molar-refractivity contribution < 1.29 is 9.53 Å². The fourth-order valence-electron chi connectivity index (χ4n) is 1.77. The molecule has 0 radical (unpaired) electrons. The molecule has 4 nitrogen and oxygen atoms in total. The van der Waals surface area contributed by atoms with E-state index in [4.69, 9.17) is 4.74 Å². The van der Waals surface area contributed by atoms with Gasteiger partial charge < -0.3 is 15.4 Å². The summed E-state index contributed by atoms with van der Waals surface area (Å²) in [5.74, 6) is 0.106. The minimum atomic E-state index is 0.106. The SMILES string of the molecule is CCC(C)NCC(=O)NCC1(CCOC)CC1. The molecular formula is C13H26N2O2. The zero-order valence-corrected chi connectivity index (χ0v) is 11.3. The lowest BCUT2D eigenvalue weighted by Crippen LogP contribution is -2.40. The Morgan fingerprint density at radius 3 is 2.71 bits per heavy atom. The lowest BCUT2D eigenvalue weighted by molar-refractivity contribution is -0.120. The zero-order chi connectivity index (χ0) is 12.7. The molecule has 0 bridgehead atoms. The second kappa shape index (κ2) is 6.97. The third-order valence-corrected chi connectivity index (χ3v) is 3.68. The van der Waals surface area contributed by atoms with E-state index in [1.165, 1.54) is 12.8 Å². The van der Waals surface area contributed by atoms with Crippen LogP contribution >= 0.6 is 0 Å². The van der Waals surface area contributed by atoms with Gasteiger partial charge in [-0.3, -0.25) is 4.79 Å². The van der Waals surface area contributed by atoms with Crippen molar-refractivity contribution in [1.29, 1.82) is 0 Å². The highest BCUT2D eigenvalue weighted by Gasteiger charge is 2.41. The van der Waals surface area contributed by atoms with Gasteiger partial charge in [-0.25, -0.2) is 0 Å². The smallest absolute Gasteiger partial charge is 0.233 e. The number of methoxy groups -OCH3 is 1. The summed E-state index contributed by atoms with van der Waals surface area (Å²) in [5.41, 5.74) is 0.335. The van der Waals surface area contributed by atoms with Gasteiger partial charge in [0.15, 0.2) is 0 Å². The Bertz CT molecular complexity index is 240. The Morgan fingerprint density at radius 1 is 1.47 bits per heavy atom. The Labute approximate surface area is 104 Å². The van der Waals surface area contributed by atoms with Crippen LogP contribution in [-0.2, 0) is 9.53 Å². The lowest BCUT2D eigenvalue weighted by atomic mass is 10.0. The van der Waals surface area contributed by atoms with Crippen LogP contribution in [0.25, 0.3) is 0 Å². The van der Waals surface area contributed by atoms with Crippen molar-refractivity contribution in [3.63, 3.8) is 0 Å². The Morgan fingerprint density at radius 2 is 2.18 bits per heavy atom. The second-order valence-corrected chi connectivity index (χ2v) is 5.21. The van der Waals surface area contributed by atoms with E-state index in [1.807, 2.05) is 0 Å². The molecule has 17 heavy (non-hydrogen) atoms. The van der Waals surface area contributed by atoms with Crippen LogP contribution in [0.1, 0.15) is 39.5 Å². The summed E-state index contributed by atoms with van der Waals surface area (Å²) in [7, 11) is 1.73. The molecule has 1 unspecified atom stereocenters. The van der Waals surface area contributed by atoms with Gasteiger partial charge in [0.1, 0.15) is 0 Å². The molecule has 0 spiro atoms. The molecule has 100 valence electrons. The first-order valence-corrected chi connectivity index (χ1v) is 6.61. The maximum Gasteiger partial charge on any atom is 0.233 e. The highest BCUT2D eigenvalue weighted by Crippen LogP contribution is 2.48. The van der Waals surface area contributed by atoms with E-state index in [1.54, 1.807) is 7.11 Å². The summed E-state index contributed by atoms with van der Waals surface area (Å²) in [4.78, 5) is 11.6. The van der Waals surface area contributed by atoms with Crippen molar-refractivity contribution in [2.45, 2.75) is 45.6 Å². The molecule has 1 aliphatic rings. The van der Waals surface area contributed by atoms with Gasteiger partial charge in [0.05, 0.1) is 6.54 Å². The maximum absolute atomic E-state index is 11.6. The van der Waals surface area contributed by atoms with Crippen molar-refractivity contribution in [3.05, 3.63) is 0 Å². The Kier molecular flexibility index (Phi) is 5.92. The molecule has 1 atom stereocenters. The van der Waals surface area contributed by atoms with Gasteiger partial charge >= 0.3 is 0 Å². The van der Waals surface area contributed by atoms with Gasteiger partial charge in [0.2, 0.25) is 5.91 Å². The number of hydrogen-bond donors (Lipinski definition) is 2. The average Bonchev–Trinajstić information content (AvgIpc) is 3.11. The molecule has 0 aromatic carbocycles. The number of hydrogen-bond acceptors (Lipinski definition) is 3. The molecule has 0 saturated heterocycles. The highest BCUT2D eigenvalue weighted by molar-refractivity contribution is 5.78. The summed E-state index contributed by atoms with van der Waals surface area (Å²) in [5, 5.41) is 6.21. The van der Waals surface area contributed by atoms with Crippen LogP contribution in [0.3, 0.4) is 0 Å². The fraction of sp³-hybridized carbons (Fsp3) is 0.923. The average molecular weight is 242 g/mol. The van der Waals surface area contributed by atoms with Crippen LogP contribution in [0.4, 0.5) is 0 Å². The van der Waals surface area contributed by atoms with Crippen LogP contribution in [0.5, 0.6) is 0 Å². The first kappa shape index (κ1) is 14.5. The third kappa shape index (κ3) is 5.50. The van der Waals surface area contributed by atoms with Gasteiger partial charge in [0, 0.05) is 26.3 Å². The van der Waals surface area contributed by atoms with Gasteiger partial charge in [-0.2, -0.15) is 0 Å². The zero-order valence-electron chi connectivity index (χ0n) is 11.3. The van der Waals surface area contributed by atoms with E-state index in [2.05, 4.69) is 24.5 Å². The number of ether oxygens (including phenoxy) is 1. The van der Waals surface area contributed by atoms with Crippen molar-refractivity contribution in [2.24, 2.45) is 5.41 Å². The first-order valence-electron chi connectivity index (χ1n) is 6.61. The summed E-state index contributed by atoms with van der Waals surface area (Å²) in [6.45, 7) is 6.22. The van der Waals surface area contributed by atoms with Crippen LogP contribution in [0, 0.1) is 5.41 Å². The number of carbonyl (C=O) groups excluding carboxylic acids is 1. The largest absolute Gasteiger partial charge is 0.385 e. The minimum absolute atomic E-state index is 0.106. The van der Waals surface area contributed by atoms with Crippen LogP contribution in [0.15, 0.2) is 0 Å². The Hall–Kier alpha value is -0.610. The van der Waals surface area contributed by atoms with E-state index in [0.717, 1.165) is 26.0 Å². The standard InChI is InChI=1S/C13H26N2O2/c1-4-11(2)14-9-12(16)15-10-13(5-6-13)7-8-17-3/h11,14H,4-10H2,1-3H3,(H,15,16). The van der Waals surface area contributed by atoms with Crippen LogP contribution in [0.2, 0.25) is 0 Å². The predicted molar refractivity (Wildman–Crippen MR) is 68.9 cm³/mol. The number of rotatable bonds is 9. The molecule has 1 aliphatic carbocycles. The van der Waals surface area contributed by atoms with E-state index in [9.17, 15) is 4.79 Å². The number of carbonyl (C=O) groups is 1. The summed E-state index contributed by atoms with van der Waals surface area (Å²) < 4.78 is 5.09. The highest BCUT2D eigenvalue weighted by atomic mass is 16.5. The van der Waals surface area contributed by atoms with Crippen molar-refractivity contribution in [3.8, 4) is 0 Å². The van der Waals surface area contributed by atoms with Crippen molar-refractivity contribution >= 4 is 5.91 Å². The van der Waals surface area contributed by atoms with Crippen molar-refractivity contribution in [1.82, 2.24) is 10.6 Å². The van der Waals surface area contributed by atoms with E-state index >= 15 is 0 Å². The molecule has 0 aromatic rings. The normalized spacial score (nSPS) is 18.8. The first-order chi connectivity index (χ1) is 8.12. The summed E-state index contributed by atoms with van der Waals surface area (Å²) >= 11 is 0. The second-order valence-electron chi connectivity index (χ2n) is 5.21. The van der Waals surface area contributed by atoms with Crippen LogP contribution < -0.4 is 10.6 Å². The van der Waals surface area contributed by atoms with Gasteiger partial charge in [-0.05, 0) is 38.0 Å². The van der Waals surface area contributed by atoms with Gasteiger partial charge in [-0.1, -0.05) is 6.92 Å². The minimum Gasteiger partial charge on any atom is -0.385 e. The molecule has 0 aliphatic heterocycles.